The number of aryl methyl sites for hydroxylation is 1. The van der Waals surface area contributed by atoms with Crippen molar-refractivity contribution < 1.29 is 9.84 Å². The summed E-state index contributed by atoms with van der Waals surface area (Å²) in [5, 5.41) is 14.9. The fraction of sp³-hybridized carbons (Fsp3) is 0.136. The van der Waals surface area contributed by atoms with Gasteiger partial charge in [0, 0.05) is 16.5 Å². The van der Waals surface area contributed by atoms with E-state index in [-0.39, 0.29) is 6.61 Å². The molecule has 2 N–H and O–H groups in total. The molecular weight excluding hydrogens is 324 g/mol. The Balaban J connectivity index is 1.95. The minimum absolute atomic E-state index is 0.0395. The molecule has 0 unspecified atom stereocenters. The van der Waals surface area contributed by atoms with E-state index in [9.17, 15) is 5.11 Å². The number of benzene rings is 3. The summed E-state index contributed by atoms with van der Waals surface area (Å²) in [5.74, 6) is 0.796. The third-order valence-corrected chi connectivity index (χ3v) is 4.54. The largest absolute Gasteiger partial charge is 0.497 e. The molecule has 0 saturated carbocycles. The van der Waals surface area contributed by atoms with Crippen LogP contribution in [0.1, 0.15) is 11.1 Å². The summed E-state index contributed by atoms with van der Waals surface area (Å²) in [7, 11) is 1.67. The number of aromatic nitrogens is 1. The Labute approximate surface area is 152 Å². The molecule has 0 saturated heterocycles. The topological polar surface area (TPSA) is 54.4 Å². The quantitative estimate of drug-likeness (QED) is 0.515. The van der Waals surface area contributed by atoms with Crippen molar-refractivity contribution in [2.75, 3.05) is 12.4 Å². The Morgan fingerprint density at radius 3 is 2.31 bits per heavy atom. The van der Waals surface area contributed by atoms with Crippen molar-refractivity contribution in [2.45, 2.75) is 13.5 Å². The number of fused-ring (bicyclic) bond motifs is 2. The van der Waals surface area contributed by atoms with Crippen LogP contribution in [0.5, 0.6) is 5.75 Å². The average molecular weight is 344 g/mol. The Bertz CT molecular complexity index is 1090. The minimum atomic E-state index is 0.0395. The molecular formula is C22H20N2O2. The molecule has 0 spiro atoms. The lowest BCUT2D eigenvalue weighted by Gasteiger charge is -2.15. The average Bonchev–Trinajstić information content (AvgIpc) is 2.68. The smallest absolute Gasteiger partial charge is 0.119 e. The van der Waals surface area contributed by atoms with E-state index < -0.39 is 0 Å². The van der Waals surface area contributed by atoms with Gasteiger partial charge in [0.15, 0.2) is 0 Å². The van der Waals surface area contributed by atoms with Gasteiger partial charge >= 0.3 is 0 Å². The molecule has 0 aliphatic carbocycles. The number of ether oxygens (including phenoxy) is 1. The number of hydrogen-bond donors (Lipinski definition) is 2. The molecule has 1 heterocycles. The molecule has 0 fully saturated rings. The second-order valence-corrected chi connectivity index (χ2v) is 6.37. The lowest BCUT2D eigenvalue weighted by molar-refractivity contribution is 0.282. The van der Waals surface area contributed by atoms with Crippen molar-refractivity contribution in [1.82, 2.24) is 4.98 Å². The number of nitrogens with one attached hydrogen (secondary N) is 1. The van der Waals surface area contributed by atoms with E-state index in [0.29, 0.717) is 0 Å². The summed E-state index contributed by atoms with van der Waals surface area (Å²) >= 11 is 0. The normalized spacial score (nSPS) is 11.0. The third-order valence-electron chi connectivity index (χ3n) is 4.54. The summed E-state index contributed by atoms with van der Waals surface area (Å²) in [6, 6.07) is 20.0. The molecule has 0 radical (unpaired) electrons. The van der Waals surface area contributed by atoms with Gasteiger partial charge in [0.2, 0.25) is 0 Å². The molecule has 0 aliphatic heterocycles. The second-order valence-electron chi connectivity index (χ2n) is 6.37. The van der Waals surface area contributed by atoms with Crippen molar-refractivity contribution in [3.63, 3.8) is 0 Å². The fourth-order valence-electron chi connectivity index (χ4n) is 3.13. The zero-order valence-corrected chi connectivity index (χ0v) is 14.8. The van der Waals surface area contributed by atoms with Crippen LogP contribution < -0.4 is 10.1 Å². The Kier molecular flexibility index (Phi) is 4.19. The minimum Gasteiger partial charge on any atom is -0.497 e. The van der Waals surface area contributed by atoms with Gasteiger partial charge in [-0.15, -0.1) is 0 Å². The molecule has 26 heavy (non-hydrogen) atoms. The first-order chi connectivity index (χ1) is 12.7. The summed E-state index contributed by atoms with van der Waals surface area (Å²) in [5.41, 5.74) is 5.89. The van der Waals surface area contributed by atoms with E-state index in [0.717, 1.165) is 44.5 Å². The highest BCUT2D eigenvalue weighted by Gasteiger charge is 2.11. The molecule has 0 amide bonds. The first kappa shape index (κ1) is 16.4. The van der Waals surface area contributed by atoms with Crippen LogP contribution >= 0.6 is 0 Å². The molecule has 130 valence electrons. The standard InChI is InChI=1S/C22H20N2O2/c1-14-3-9-20-18(11-14)22(23-16-6-4-15(13-25)5-7-16)19-12-17(26-2)8-10-21(19)24-20/h3-12,25H,13H2,1-2H3,(H,23,24). The Morgan fingerprint density at radius 1 is 0.923 bits per heavy atom. The predicted molar refractivity (Wildman–Crippen MR) is 106 cm³/mol. The van der Waals surface area contributed by atoms with Gasteiger partial charge in [-0.05, 0) is 55.0 Å². The van der Waals surface area contributed by atoms with Crippen LogP contribution in [-0.2, 0) is 6.61 Å². The second kappa shape index (κ2) is 6.65. The van der Waals surface area contributed by atoms with E-state index in [1.807, 2.05) is 48.5 Å². The van der Waals surface area contributed by atoms with E-state index in [2.05, 4.69) is 24.4 Å². The highest BCUT2D eigenvalue weighted by molar-refractivity contribution is 6.09. The van der Waals surface area contributed by atoms with E-state index in [1.165, 1.54) is 5.56 Å². The van der Waals surface area contributed by atoms with Gasteiger partial charge < -0.3 is 15.2 Å². The molecule has 0 atom stereocenters. The Morgan fingerprint density at radius 2 is 1.62 bits per heavy atom. The first-order valence-corrected chi connectivity index (χ1v) is 8.53. The number of rotatable bonds is 4. The highest BCUT2D eigenvalue weighted by Crippen LogP contribution is 2.35. The van der Waals surface area contributed by atoms with Crippen molar-refractivity contribution in [2.24, 2.45) is 0 Å². The number of aliphatic hydroxyl groups is 1. The number of methoxy groups -OCH3 is 1. The van der Waals surface area contributed by atoms with Gasteiger partial charge in [0.1, 0.15) is 5.75 Å². The van der Waals surface area contributed by atoms with Crippen LogP contribution in [0, 0.1) is 6.92 Å². The first-order valence-electron chi connectivity index (χ1n) is 8.53. The monoisotopic (exact) mass is 344 g/mol. The zero-order valence-electron chi connectivity index (χ0n) is 14.8. The van der Waals surface area contributed by atoms with Gasteiger partial charge in [0.25, 0.3) is 0 Å². The van der Waals surface area contributed by atoms with Crippen molar-refractivity contribution >= 4 is 33.2 Å². The van der Waals surface area contributed by atoms with Gasteiger partial charge in [-0.25, -0.2) is 4.98 Å². The lowest BCUT2D eigenvalue weighted by Crippen LogP contribution is -1.96. The highest BCUT2D eigenvalue weighted by atomic mass is 16.5. The number of hydrogen-bond acceptors (Lipinski definition) is 4. The molecule has 4 aromatic rings. The molecule has 0 bridgehead atoms. The van der Waals surface area contributed by atoms with E-state index in [1.54, 1.807) is 7.11 Å². The van der Waals surface area contributed by atoms with Gasteiger partial charge in [0.05, 0.1) is 30.4 Å². The van der Waals surface area contributed by atoms with Crippen molar-refractivity contribution in [3.05, 3.63) is 71.8 Å². The van der Waals surface area contributed by atoms with Crippen LogP contribution in [0.25, 0.3) is 21.8 Å². The van der Waals surface area contributed by atoms with E-state index >= 15 is 0 Å². The van der Waals surface area contributed by atoms with Crippen LogP contribution in [0.2, 0.25) is 0 Å². The van der Waals surface area contributed by atoms with Crippen LogP contribution in [0.15, 0.2) is 60.7 Å². The maximum Gasteiger partial charge on any atom is 0.119 e. The van der Waals surface area contributed by atoms with Crippen LogP contribution in [0.4, 0.5) is 11.4 Å². The molecule has 3 aromatic carbocycles. The molecule has 4 heteroatoms. The SMILES string of the molecule is COc1ccc2nc3ccc(C)cc3c(Nc3ccc(CO)cc3)c2c1. The third kappa shape index (κ3) is 2.95. The van der Waals surface area contributed by atoms with Crippen molar-refractivity contribution in [1.29, 1.82) is 0 Å². The summed E-state index contributed by atoms with van der Waals surface area (Å²) in [4.78, 5) is 4.80. The van der Waals surface area contributed by atoms with Crippen LogP contribution in [0.3, 0.4) is 0 Å². The maximum atomic E-state index is 9.25. The lowest BCUT2D eigenvalue weighted by atomic mass is 10.0. The van der Waals surface area contributed by atoms with Gasteiger partial charge in [-0.3, -0.25) is 0 Å². The molecule has 0 aliphatic rings. The number of nitrogens with zero attached hydrogens (tertiary/aromatic N) is 1. The summed E-state index contributed by atoms with van der Waals surface area (Å²) in [6.07, 6.45) is 0. The zero-order chi connectivity index (χ0) is 18.1. The number of anilines is 2. The predicted octanol–water partition coefficient (Wildman–Crippen LogP) is 4.94. The molecule has 1 aromatic heterocycles. The van der Waals surface area contributed by atoms with Gasteiger partial charge in [-0.2, -0.15) is 0 Å². The molecule has 4 nitrogen and oxygen atoms in total. The summed E-state index contributed by atoms with van der Waals surface area (Å²) in [6.45, 7) is 2.12. The van der Waals surface area contributed by atoms with Crippen molar-refractivity contribution in [3.8, 4) is 5.75 Å². The number of pyridine rings is 1. The van der Waals surface area contributed by atoms with E-state index in [4.69, 9.17) is 9.72 Å². The maximum absolute atomic E-state index is 9.25. The number of aliphatic hydroxyl groups excluding tert-OH is 1. The van der Waals surface area contributed by atoms with Crippen LogP contribution in [-0.4, -0.2) is 17.2 Å². The van der Waals surface area contributed by atoms with Gasteiger partial charge in [-0.1, -0.05) is 23.8 Å². The molecule has 4 rings (SSSR count). The fourth-order valence-corrected chi connectivity index (χ4v) is 3.13. The Hall–Kier alpha value is -3.11. The summed E-state index contributed by atoms with van der Waals surface area (Å²) < 4.78 is 5.41.